The zero-order chi connectivity index (χ0) is 24.7. The van der Waals surface area contributed by atoms with Gasteiger partial charge in [0, 0.05) is 10.7 Å². The molecule has 0 unspecified atom stereocenters. The number of hydrogen-bond acceptors (Lipinski definition) is 4. The molecule has 0 aliphatic carbocycles. The van der Waals surface area contributed by atoms with Crippen LogP contribution >= 0.6 is 50.7 Å². The Morgan fingerprint density at radius 1 is 1.06 bits per heavy atom. The smallest absolute Gasteiger partial charge is 0.266 e. The van der Waals surface area contributed by atoms with E-state index in [2.05, 4.69) is 21.2 Å². The zero-order valence-electron chi connectivity index (χ0n) is 17.9. The lowest BCUT2D eigenvalue weighted by atomic mass is 10.1. The summed E-state index contributed by atoms with van der Waals surface area (Å²) in [5.41, 5.74) is 1.87. The van der Waals surface area contributed by atoms with Gasteiger partial charge >= 0.3 is 0 Å². The third-order valence-corrected chi connectivity index (χ3v) is 6.06. The van der Waals surface area contributed by atoms with E-state index in [-0.39, 0.29) is 12.2 Å². The lowest BCUT2D eigenvalue weighted by Gasteiger charge is -2.15. The summed E-state index contributed by atoms with van der Waals surface area (Å²) in [6.45, 7) is 2.47. The number of hydrogen-bond donors (Lipinski definition) is 1. The van der Waals surface area contributed by atoms with E-state index in [1.54, 1.807) is 48.5 Å². The molecule has 0 aromatic heterocycles. The van der Waals surface area contributed by atoms with Crippen LogP contribution in [0.5, 0.6) is 11.5 Å². The van der Waals surface area contributed by atoms with Crippen molar-refractivity contribution < 1.29 is 14.3 Å². The van der Waals surface area contributed by atoms with Crippen LogP contribution in [-0.4, -0.2) is 12.5 Å². The number of rotatable bonds is 8. The summed E-state index contributed by atoms with van der Waals surface area (Å²) in [6, 6.07) is 17.2. The molecule has 174 valence electrons. The third kappa shape index (κ3) is 6.91. The maximum atomic E-state index is 12.6. The molecular formula is C25H18BrCl3N2O3. The van der Waals surface area contributed by atoms with Crippen LogP contribution in [0.15, 0.2) is 64.6 Å². The SMILES string of the molecule is CCOc1cc(/C=C(/C#N)C(=O)Nc2ccc(Cl)cc2)cc(Br)c1OCc1ccc(Cl)c(Cl)c1. The second kappa shape index (κ2) is 12.1. The normalized spacial score (nSPS) is 11.0. The Morgan fingerprint density at radius 3 is 2.44 bits per heavy atom. The molecule has 0 saturated heterocycles. The van der Waals surface area contributed by atoms with Crippen LogP contribution < -0.4 is 14.8 Å². The minimum absolute atomic E-state index is 0.0752. The van der Waals surface area contributed by atoms with Gasteiger partial charge in [-0.3, -0.25) is 4.79 Å². The second-order valence-electron chi connectivity index (χ2n) is 6.93. The molecule has 0 spiro atoms. The number of halogens is 4. The number of carbonyl (C=O) groups is 1. The van der Waals surface area contributed by atoms with Gasteiger partial charge in [0.05, 0.1) is 21.1 Å². The fourth-order valence-electron chi connectivity index (χ4n) is 2.91. The molecule has 0 atom stereocenters. The van der Waals surface area contributed by atoms with Crippen LogP contribution in [0.2, 0.25) is 15.1 Å². The summed E-state index contributed by atoms with van der Waals surface area (Å²) >= 11 is 21.4. The summed E-state index contributed by atoms with van der Waals surface area (Å²) in [4.78, 5) is 12.6. The van der Waals surface area contributed by atoms with E-state index in [0.717, 1.165) is 5.56 Å². The van der Waals surface area contributed by atoms with Crippen molar-refractivity contribution in [3.05, 3.63) is 90.8 Å². The number of nitrogens with one attached hydrogen (secondary N) is 1. The first-order valence-electron chi connectivity index (χ1n) is 10.0. The molecule has 0 heterocycles. The predicted octanol–water partition coefficient (Wildman–Crippen LogP) is 7.93. The topological polar surface area (TPSA) is 71.3 Å². The first kappa shape index (κ1) is 25.9. The summed E-state index contributed by atoms with van der Waals surface area (Å²) in [5, 5.41) is 13.7. The summed E-state index contributed by atoms with van der Waals surface area (Å²) in [6.07, 6.45) is 1.47. The van der Waals surface area contributed by atoms with Crippen molar-refractivity contribution in [2.24, 2.45) is 0 Å². The fourth-order valence-corrected chi connectivity index (χ4v) is 3.93. The number of amides is 1. The maximum Gasteiger partial charge on any atom is 0.266 e. The molecule has 3 aromatic rings. The van der Waals surface area contributed by atoms with Gasteiger partial charge in [0.1, 0.15) is 18.2 Å². The predicted molar refractivity (Wildman–Crippen MR) is 140 cm³/mol. The monoisotopic (exact) mass is 578 g/mol. The third-order valence-electron chi connectivity index (χ3n) is 4.48. The number of anilines is 1. The highest BCUT2D eigenvalue weighted by Gasteiger charge is 2.15. The number of nitrogens with zero attached hydrogens (tertiary/aromatic N) is 1. The van der Waals surface area contributed by atoms with E-state index >= 15 is 0 Å². The summed E-state index contributed by atoms with van der Waals surface area (Å²) in [7, 11) is 0. The Labute approximate surface area is 221 Å². The van der Waals surface area contributed by atoms with Crippen molar-refractivity contribution in [3.63, 3.8) is 0 Å². The summed E-state index contributed by atoms with van der Waals surface area (Å²) in [5.74, 6) is 0.395. The van der Waals surface area contributed by atoms with Gasteiger partial charge in [0.2, 0.25) is 0 Å². The molecular weight excluding hydrogens is 563 g/mol. The molecule has 0 aliphatic heterocycles. The van der Waals surface area contributed by atoms with Crippen molar-refractivity contribution >= 4 is 68.4 Å². The molecule has 3 rings (SSSR count). The molecule has 34 heavy (non-hydrogen) atoms. The van der Waals surface area contributed by atoms with Crippen LogP contribution in [0.4, 0.5) is 5.69 Å². The van der Waals surface area contributed by atoms with Gasteiger partial charge in [-0.1, -0.05) is 40.9 Å². The van der Waals surface area contributed by atoms with Gasteiger partial charge in [0.15, 0.2) is 11.5 Å². The number of carbonyl (C=O) groups excluding carboxylic acids is 1. The Morgan fingerprint density at radius 2 is 1.79 bits per heavy atom. The zero-order valence-corrected chi connectivity index (χ0v) is 21.7. The van der Waals surface area contributed by atoms with E-state index < -0.39 is 5.91 Å². The van der Waals surface area contributed by atoms with Gasteiger partial charge in [-0.15, -0.1) is 0 Å². The largest absolute Gasteiger partial charge is 0.490 e. The van der Waals surface area contributed by atoms with Gasteiger partial charge < -0.3 is 14.8 Å². The molecule has 0 fully saturated rings. The van der Waals surface area contributed by atoms with Crippen LogP contribution in [0.3, 0.4) is 0 Å². The molecule has 1 N–H and O–H groups in total. The molecule has 0 radical (unpaired) electrons. The number of ether oxygens (including phenoxy) is 2. The highest BCUT2D eigenvalue weighted by Crippen LogP contribution is 2.38. The minimum atomic E-state index is -0.543. The second-order valence-corrected chi connectivity index (χ2v) is 9.04. The average Bonchev–Trinajstić information content (AvgIpc) is 2.80. The standard InChI is InChI=1S/C25H18BrCl3N2O3/c1-2-33-23-12-16(9-17(13-30)25(32)31-19-6-4-18(27)5-7-19)10-20(26)24(23)34-14-15-3-8-21(28)22(29)11-15/h3-12H,2,14H2,1H3,(H,31,32)/b17-9-. The first-order chi connectivity index (χ1) is 16.3. The van der Waals surface area contributed by atoms with Crippen molar-refractivity contribution in [2.75, 3.05) is 11.9 Å². The average molecular weight is 581 g/mol. The lowest BCUT2D eigenvalue weighted by Crippen LogP contribution is -2.13. The highest BCUT2D eigenvalue weighted by molar-refractivity contribution is 9.10. The minimum Gasteiger partial charge on any atom is -0.490 e. The molecule has 1 amide bonds. The highest BCUT2D eigenvalue weighted by atomic mass is 79.9. The van der Waals surface area contributed by atoms with Crippen LogP contribution in [0.25, 0.3) is 6.08 Å². The van der Waals surface area contributed by atoms with E-state index in [4.69, 9.17) is 44.3 Å². The van der Waals surface area contributed by atoms with Crippen molar-refractivity contribution in [1.29, 1.82) is 5.26 Å². The fraction of sp³-hybridized carbons (Fsp3) is 0.120. The molecule has 5 nitrogen and oxygen atoms in total. The van der Waals surface area contributed by atoms with Crippen LogP contribution in [0, 0.1) is 11.3 Å². The molecule has 0 saturated carbocycles. The Balaban J connectivity index is 1.84. The van der Waals surface area contributed by atoms with E-state index in [9.17, 15) is 10.1 Å². The Hall–Kier alpha value is -2.69. The maximum absolute atomic E-state index is 12.6. The number of benzene rings is 3. The van der Waals surface area contributed by atoms with Crippen LogP contribution in [-0.2, 0) is 11.4 Å². The molecule has 9 heteroatoms. The van der Waals surface area contributed by atoms with E-state index in [1.165, 1.54) is 6.08 Å². The Kier molecular flexibility index (Phi) is 9.26. The molecule has 3 aromatic carbocycles. The lowest BCUT2D eigenvalue weighted by molar-refractivity contribution is -0.112. The summed E-state index contributed by atoms with van der Waals surface area (Å²) < 4.78 is 12.3. The van der Waals surface area contributed by atoms with Crippen molar-refractivity contribution in [2.45, 2.75) is 13.5 Å². The molecule has 0 bridgehead atoms. The van der Waals surface area contributed by atoms with Crippen molar-refractivity contribution in [1.82, 2.24) is 0 Å². The van der Waals surface area contributed by atoms with Crippen molar-refractivity contribution in [3.8, 4) is 17.6 Å². The Bertz CT molecular complexity index is 1270. The van der Waals surface area contributed by atoms with E-state index in [1.807, 2.05) is 19.1 Å². The number of nitriles is 1. The molecule has 0 aliphatic rings. The van der Waals surface area contributed by atoms with E-state index in [0.29, 0.717) is 48.9 Å². The van der Waals surface area contributed by atoms with Crippen LogP contribution in [0.1, 0.15) is 18.1 Å². The van der Waals surface area contributed by atoms with Gasteiger partial charge in [-0.25, -0.2) is 0 Å². The van der Waals surface area contributed by atoms with Gasteiger partial charge in [-0.05, 0) is 88.6 Å². The van der Waals surface area contributed by atoms with Gasteiger partial charge in [0.25, 0.3) is 5.91 Å². The quantitative estimate of drug-likeness (QED) is 0.217. The first-order valence-corrected chi connectivity index (χ1v) is 11.9. The van der Waals surface area contributed by atoms with Gasteiger partial charge in [-0.2, -0.15) is 5.26 Å².